The molecule has 1 aromatic heterocycles. The average Bonchev–Trinajstić information content (AvgIpc) is 2.35. The van der Waals surface area contributed by atoms with E-state index < -0.39 is 0 Å². The van der Waals surface area contributed by atoms with Gasteiger partial charge in [-0.05, 0) is 13.8 Å². The van der Waals surface area contributed by atoms with Gasteiger partial charge in [-0.1, -0.05) is 12.2 Å². The van der Waals surface area contributed by atoms with Gasteiger partial charge in [0.2, 0.25) is 0 Å². The van der Waals surface area contributed by atoms with Crippen molar-refractivity contribution in [2.75, 3.05) is 0 Å². The summed E-state index contributed by atoms with van der Waals surface area (Å²) in [6.45, 7) is 4.10. The van der Waals surface area contributed by atoms with E-state index >= 15 is 0 Å². The minimum absolute atomic E-state index is 0.373. The number of rotatable bonds is 2. The first-order valence-corrected chi connectivity index (χ1v) is 3.90. The molecule has 0 saturated heterocycles. The molecule has 3 nitrogen and oxygen atoms in total. The number of hydrogen-bond donors (Lipinski definition) is 2. The van der Waals surface area contributed by atoms with Crippen LogP contribution in [0.4, 0.5) is 0 Å². The Morgan fingerprint density at radius 3 is 2.91 bits per heavy atom. The second-order valence-electron chi connectivity index (χ2n) is 2.62. The first kappa shape index (κ1) is 8.20. The molecule has 4 heteroatoms. The molecule has 11 heavy (non-hydrogen) atoms. The van der Waals surface area contributed by atoms with Gasteiger partial charge in [-0.25, -0.2) is 0 Å². The maximum atomic E-state index is 5.08. The molecular weight excluding hydrogens is 158 g/mol. The number of hydrogen-bond acceptors (Lipinski definition) is 2. The summed E-state index contributed by atoms with van der Waals surface area (Å²) in [6, 6.07) is 0.373. The van der Waals surface area contributed by atoms with Crippen LogP contribution >= 0.6 is 12.2 Å². The highest BCUT2D eigenvalue weighted by Crippen LogP contribution is 1.95. The highest BCUT2D eigenvalue weighted by atomic mass is 32.1. The van der Waals surface area contributed by atoms with Crippen molar-refractivity contribution in [1.29, 1.82) is 0 Å². The molecule has 1 rings (SSSR count). The first-order chi connectivity index (χ1) is 5.20. The molecule has 0 aliphatic rings. The van der Waals surface area contributed by atoms with E-state index in [1.165, 1.54) is 0 Å². The van der Waals surface area contributed by atoms with Gasteiger partial charge in [-0.2, -0.15) is 5.10 Å². The minimum atomic E-state index is 0.373. The summed E-state index contributed by atoms with van der Waals surface area (Å²) in [7, 11) is 0. The SMILES string of the molecule is CC(C)NC(=S)c1cn[nH]c1. The molecule has 0 amide bonds. The van der Waals surface area contributed by atoms with E-state index in [1.807, 2.05) is 13.8 Å². The summed E-state index contributed by atoms with van der Waals surface area (Å²) in [5.41, 5.74) is 0.939. The Labute approximate surface area is 71.2 Å². The van der Waals surface area contributed by atoms with Crippen molar-refractivity contribution in [1.82, 2.24) is 15.5 Å². The molecule has 0 radical (unpaired) electrons. The molecule has 0 spiro atoms. The molecule has 0 unspecified atom stereocenters. The number of H-pyrrole nitrogens is 1. The van der Waals surface area contributed by atoms with Crippen LogP contribution in [0.5, 0.6) is 0 Å². The summed E-state index contributed by atoms with van der Waals surface area (Å²) in [5, 5.41) is 9.62. The molecule has 2 N–H and O–H groups in total. The predicted octanol–water partition coefficient (Wildman–Crippen LogP) is 1.08. The van der Waals surface area contributed by atoms with Gasteiger partial charge in [-0.15, -0.1) is 0 Å². The third-order valence-corrected chi connectivity index (χ3v) is 1.53. The molecule has 0 aliphatic heterocycles. The maximum absolute atomic E-state index is 5.08. The second kappa shape index (κ2) is 3.48. The van der Waals surface area contributed by atoms with Gasteiger partial charge in [0.25, 0.3) is 0 Å². The van der Waals surface area contributed by atoms with E-state index in [9.17, 15) is 0 Å². The van der Waals surface area contributed by atoms with Crippen molar-refractivity contribution in [3.63, 3.8) is 0 Å². The van der Waals surface area contributed by atoms with Gasteiger partial charge in [0.15, 0.2) is 0 Å². The van der Waals surface area contributed by atoms with Crippen molar-refractivity contribution in [2.45, 2.75) is 19.9 Å². The molecule has 1 heterocycles. The highest BCUT2D eigenvalue weighted by Gasteiger charge is 2.01. The van der Waals surface area contributed by atoms with E-state index in [0.717, 1.165) is 10.6 Å². The Bertz CT molecular complexity index is 228. The van der Waals surface area contributed by atoms with E-state index in [4.69, 9.17) is 12.2 Å². The molecular formula is C7H11N3S. The minimum Gasteiger partial charge on any atom is -0.374 e. The van der Waals surface area contributed by atoms with Crippen molar-refractivity contribution in [2.24, 2.45) is 0 Å². The normalized spacial score (nSPS) is 10.1. The van der Waals surface area contributed by atoms with E-state index in [1.54, 1.807) is 12.4 Å². The quantitative estimate of drug-likeness (QED) is 0.651. The summed E-state index contributed by atoms with van der Waals surface area (Å²) in [4.78, 5) is 0.744. The van der Waals surface area contributed by atoms with Gasteiger partial charge in [-0.3, -0.25) is 5.10 Å². The molecule has 0 saturated carbocycles. The van der Waals surface area contributed by atoms with E-state index in [-0.39, 0.29) is 0 Å². The highest BCUT2D eigenvalue weighted by molar-refractivity contribution is 7.80. The smallest absolute Gasteiger partial charge is 0.109 e. The van der Waals surface area contributed by atoms with Crippen LogP contribution in [0.1, 0.15) is 19.4 Å². The van der Waals surface area contributed by atoms with E-state index in [0.29, 0.717) is 6.04 Å². The zero-order valence-corrected chi connectivity index (χ0v) is 7.40. The lowest BCUT2D eigenvalue weighted by atomic mass is 10.3. The predicted molar refractivity (Wildman–Crippen MR) is 48.6 cm³/mol. The number of aromatic amines is 1. The van der Waals surface area contributed by atoms with Crippen LogP contribution in [0, 0.1) is 0 Å². The third-order valence-electron chi connectivity index (χ3n) is 1.18. The second-order valence-corrected chi connectivity index (χ2v) is 3.02. The zero-order valence-electron chi connectivity index (χ0n) is 6.59. The molecule has 0 aromatic carbocycles. The number of nitrogens with one attached hydrogen (secondary N) is 2. The molecule has 0 bridgehead atoms. The Balaban J connectivity index is 2.57. The molecule has 0 atom stereocenters. The number of nitrogens with zero attached hydrogens (tertiary/aromatic N) is 1. The fourth-order valence-corrected chi connectivity index (χ4v) is 1.07. The lowest BCUT2D eigenvalue weighted by Crippen LogP contribution is -2.28. The van der Waals surface area contributed by atoms with Gasteiger partial charge in [0.05, 0.1) is 6.20 Å². The number of aromatic nitrogens is 2. The number of thiocarbonyl (C=S) groups is 1. The Hall–Kier alpha value is -0.900. The standard InChI is InChI=1S/C7H11N3S/c1-5(2)10-7(11)6-3-8-9-4-6/h3-5H,1-2H3,(H,8,9)(H,10,11). The van der Waals surface area contributed by atoms with Crippen molar-refractivity contribution in [3.05, 3.63) is 18.0 Å². The molecule has 1 aromatic rings. The van der Waals surface area contributed by atoms with Crippen LogP contribution in [-0.4, -0.2) is 21.2 Å². The van der Waals surface area contributed by atoms with Gasteiger partial charge < -0.3 is 5.32 Å². The fourth-order valence-electron chi connectivity index (χ4n) is 0.721. The lowest BCUT2D eigenvalue weighted by molar-refractivity contribution is 0.741. The monoisotopic (exact) mass is 169 g/mol. The average molecular weight is 169 g/mol. The van der Waals surface area contributed by atoms with Gasteiger partial charge in [0.1, 0.15) is 4.99 Å². The Kier molecular flexibility index (Phi) is 2.59. The van der Waals surface area contributed by atoms with Crippen molar-refractivity contribution < 1.29 is 0 Å². The molecule has 0 fully saturated rings. The largest absolute Gasteiger partial charge is 0.374 e. The van der Waals surface area contributed by atoms with Gasteiger partial charge >= 0.3 is 0 Å². The van der Waals surface area contributed by atoms with Crippen molar-refractivity contribution in [3.8, 4) is 0 Å². The molecule has 0 aliphatic carbocycles. The van der Waals surface area contributed by atoms with Crippen LogP contribution in [0.3, 0.4) is 0 Å². The zero-order chi connectivity index (χ0) is 8.27. The molecule has 60 valence electrons. The third kappa shape index (κ3) is 2.31. The van der Waals surface area contributed by atoms with Crippen molar-refractivity contribution >= 4 is 17.2 Å². The van der Waals surface area contributed by atoms with E-state index in [2.05, 4.69) is 15.5 Å². The summed E-state index contributed by atoms with van der Waals surface area (Å²) < 4.78 is 0. The van der Waals surface area contributed by atoms with Crippen LogP contribution in [0.2, 0.25) is 0 Å². The topological polar surface area (TPSA) is 40.7 Å². The maximum Gasteiger partial charge on any atom is 0.109 e. The Morgan fingerprint density at radius 1 is 1.73 bits per heavy atom. The van der Waals surface area contributed by atoms with Crippen LogP contribution < -0.4 is 5.32 Å². The summed E-state index contributed by atoms with van der Waals surface area (Å²) in [5.74, 6) is 0. The summed E-state index contributed by atoms with van der Waals surface area (Å²) in [6.07, 6.45) is 3.48. The van der Waals surface area contributed by atoms with Crippen LogP contribution in [0.25, 0.3) is 0 Å². The summed E-state index contributed by atoms with van der Waals surface area (Å²) >= 11 is 5.08. The lowest BCUT2D eigenvalue weighted by Gasteiger charge is -2.08. The fraction of sp³-hybridized carbons (Fsp3) is 0.429. The first-order valence-electron chi connectivity index (χ1n) is 3.50. The van der Waals surface area contributed by atoms with Crippen LogP contribution in [-0.2, 0) is 0 Å². The van der Waals surface area contributed by atoms with Crippen LogP contribution in [0.15, 0.2) is 12.4 Å². The van der Waals surface area contributed by atoms with Gasteiger partial charge in [0, 0.05) is 17.8 Å². The Morgan fingerprint density at radius 2 is 2.45 bits per heavy atom.